The van der Waals surface area contributed by atoms with Crippen molar-refractivity contribution in [3.05, 3.63) is 95.3 Å². The van der Waals surface area contributed by atoms with Gasteiger partial charge in [-0.05, 0) is 47.4 Å². The molecular weight excluding hydrogens is 407 g/mol. The molecule has 1 unspecified atom stereocenters. The minimum absolute atomic E-state index is 0.00915. The van der Waals surface area contributed by atoms with Gasteiger partial charge in [-0.15, -0.1) is 0 Å². The number of hydrogen-bond acceptors (Lipinski definition) is 4. The van der Waals surface area contributed by atoms with E-state index in [0.717, 1.165) is 16.7 Å². The standard InChI is InChI=1S/C26H29FN2O3/c1-29(2)26(30)25(21-9-5-4-6-10-21)28-15-14-19-12-13-23(24(17-19)31-3)32-18-20-8-7-11-22(27)16-20/h4-13,16-17,25,28H,14-15,18H2,1-3H3. The van der Waals surface area contributed by atoms with Crippen molar-refractivity contribution in [1.82, 2.24) is 10.2 Å². The van der Waals surface area contributed by atoms with E-state index in [2.05, 4.69) is 5.32 Å². The van der Waals surface area contributed by atoms with Gasteiger partial charge in [0.05, 0.1) is 7.11 Å². The molecule has 5 nitrogen and oxygen atoms in total. The molecule has 1 amide bonds. The molecule has 0 saturated heterocycles. The molecule has 0 aromatic heterocycles. The summed E-state index contributed by atoms with van der Waals surface area (Å²) in [6.07, 6.45) is 0.713. The molecule has 32 heavy (non-hydrogen) atoms. The van der Waals surface area contributed by atoms with E-state index in [0.29, 0.717) is 24.5 Å². The lowest BCUT2D eigenvalue weighted by atomic mass is 10.0. The zero-order valence-electron chi connectivity index (χ0n) is 18.7. The van der Waals surface area contributed by atoms with E-state index in [-0.39, 0.29) is 18.3 Å². The topological polar surface area (TPSA) is 50.8 Å². The summed E-state index contributed by atoms with van der Waals surface area (Å²) in [6.45, 7) is 0.867. The quantitative estimate of drug-likeness (QED) is 0.513. The first-order chi connectivity index (χ1) is 15.5. The Morgan fingerprint density at radius 2 is 1.75 bits per heavy atom. The van der Waals surface area contributed by atoms with E-state index in [1.807, 2.05) is 54.6 Å². The average molecular weight is 437 g/mol. The summed E-state index contributed by atoms with van der Waals surface area (Å²) in [7, 11) is 5.11. The Labute approximate surface area is 188 Å². The van der Waals surface area contributed by atoms with Gasteiger partial charge in [-0.25, -0.2) is 4.39 Å². The van der Waals surface area contributed by atoms with Gasteiger partial charge in [-0.3, -0.25) is 4.79 Å². The second-order valence-electron chi connectivity index (χ2n) is 7.68. The van der Waals surface area contributed by atoms with Crippen LogP contribution in [0.1, 0.15) is 22.7 Å². The molecule has 168 valence electrons. The number of likely N-dealkylation sites (N-methyl/N-ethyl adjacent to an activating group) is 1. The number of benzene rings is 3. The highest BCUT2D eigenvalue weighted by atomic mass is 19.1. The summed E-state index contributed by atoms with van der Waals surface area (Å²) >= 11 is 0. The number of nitrogens with zero attached hydrogens (tertiary/aromatic N) is 1. The van der Waals surface area contributed by atoms with Crippen LogP contribution in [0, 0.1) is 5.82 Å². The molecule has 0 radical (unpaired) electrons. The summed E-state index contributed by atoms with van der Waals surface area (Å²) in [4.78, 5) is 14.2. The minimum atomic E-state index is -0.401. The fourth-order valence-corrected chi connectivity index (χ4v) is 3.39. The summed E-state index contributed by atoms with van der Waals surface area (Å²) in [5, 5.41) is 3.37. The normalized spacial score (nSPS) is 11.6. The van der Waals surface area contributed by atoms with Crippen LogP contribution in [0.2, 0.25) is 0 Å². The van der Waals surface area contributed by atoms with E-state index < -0.39 is 6.04 Å². The van der Waals surface area contributed by atoms with Crippen LogP contribution in [0.25, 0.3) is 0 Å². The van der Waals surface area contributed by atoms with Gasteiger partial charge in [0.1, 0.15) is 18.5 Å². The zero-order valence-corrected chi connectivity index (χ0v) is 18.7. The average Bonchev–Trinajstić information content (AvgIpc) is 2.81. The Balaban J connectivity index is 1.62. The van der Waals surface area contributed by atoms with Gasteiger partial charge < -0.3 is 19.7 Å². The van der Waals surface area contributed by atoms with Gasteiger partial charge in [-0.1, -0.05) is 48.5 Å². The number of carbonyl (C=O) groups is 1. The second kappa shape index (κ2) is 11.3. The molecule has 0 heterocycles. The molecule has 0 spiro atoms. The summed E-state index contributed by atoms with van der Waals surface area (Å²) in [5.41, 5.74) is 2.74. The Morgan fingerprint density at radius 3 is 2.44 bits per heavy atom. The van der Waals surface area contributed by atoms with E-state index in [1.54, 1.807) is 32.2 Å². The predicted octanol–water partition coefficient (Wildman–Crippen LogP) is 4.37. The first kappa shape index (κ1) is 23.3. The summed E-state index contributed by atoms with van der Waals surface area (Å²) in [6, 6.07) is 21.4. The van der Waals surface area contributed by atoms with Crippen LogP contribution in [0.5, 0.6) is 11.5 Å². The Hall–Kier alpha value is -3.38. The van der Waals surface area contributed by atoms with Gasteiger partial charge in [-0.2, -0.15) is 0 Å². The van der Waals surface area contributed by atoms with Crippen molar-refractivity contribution in [3.8, 4) is 11.5 Å². The van der Waals surface area contributed by atoms with Crippen molar-refractivity contribution in [2.75, 3.05) is 27.7 Å². The van der Waals surface area contributed by atoms with E-state index in [4.69, 9.17) is 9.47 Å². The number of carbonyl (C=O) groups excluding carboxylic acids is 1. The molecule has 0 aliphatic carbocycles. The molecule has 3 aromatic rings. The number of halogens is 1. The van der Waals surface area contributed by atoms with Crippen LogP contribution < -0.4 is 14.8 Å². The highest BCUT2D eigenvalue weighted by Crippen LogP contribution is 2.29. The molecule has 0 aliphatic rings. The van der Waals surface area contributed by atoms with Crippen molar-refractivity contribution >= 4 is 5.91 Å². The molecule has 0 saturated carbocycles. The molecule has 1 atom stereocenters. The van der Waals surface area contributed by atoms with Gasteiger partial charge in [0, 0.05) is 20.6 Å². The first-order valence-corrected chi connectivity index (χ1v) is 10.5. The van der Waals surface area contributed by atoms with Crippen LogP contribution in [-0.4, -0.2) is 38.6 Å². The molecular formula is C26H29FN2O3. The number of methoxy groups -OCH3 is 1. The monoisotopic (exact) mass is 436 g/mol. The summed E-state index contributed by atoms with van der Waals surface area (Å²) in [5.74, 6) is 0.929. The zero-order chi connectivity index (χ0) is 22.9. The SMILES string of the molecule is COc1cc(CCNC(C(=O)N(C)C)c2ccccc2)ccc1OCc1cccc(F)c1. The lowest BCUT2D eigenvalue weighted by Gasteiger charge is -2.22. The lowest BCUT2D eigenvalue weighted by molar-refractivity contribution is -0.131. The Kier molecular flexibility index (Phi) is 8.22. The molecule has 3 rings (SSSR count). The number of amides is 1. The highest BCUT2D eigenvalue weighted by Gasteiger charge is 2.21. The third-order valence-electron chi connectivity index (χ3n) is 5.09. The van der Waals surface area contributed by atoms with Crippen LogP contribution in [0.4, 0.5) is 4.39 Å². The van der Waals surface area contributed by atoms with Gasteiger partial charge in [0.2, 0.25) is 5.91 Å². The second-order valence-corrected chi connectivity index (χ2v) is 7.68. The van der Waals surface area contributed by atoms with Crippen LogP contribution in [0.15, 0.2) is 72.8 Å². The largest absolute Gasteiger partial charge is 0.493 e. The van der Waals surface area contributed by atoms with Crippen LogP contribution >= 0.6 is 0 Å². The van der Waals surface area contributed by atoms with Gasteiger partial charge in [0.15, 0.2) is 11.5 Å². The summed E-state index contributed by atoms with van der Waals surface area (Å²) < 4.78 is 24.7. The molecule has 0 bridgehead atoms. The first-order valence-electron chi connectivity index (χ1n) is 10.5. The third-order valence-corrected chi connectivity index (χ3v) is 5.09. The van der Waals surface area contributed by atoms with E-state index in [9.17, 15) is 9.18 Å². The Morgan fingerprint density at radius 1 is 0.969 bits per heavy atom. The minimum Gasteiger partial charge on any atom is -0.493 e. The lowest BCUT2D eigenvalue weighted by Crippen LogP contribution is -2.37. The van der Waals surface area contributed by atoms with Crippen LogP contribution in [-0.2, 0) is 17.8 Å². The number of nitrogens with one attached hydrogen (secondary N) is 1. The van der Waals surface area contributed by atoms with E-state index >= 15 is 0 Å². The van der Waals surface area contributed by atoms with Crippen molar-refractivity contribution in [2.45, 2.75) is 19.1 Å². The predicted molar refractivity (Wildman–Crippen MR) is 123 cm³/mol. The maximum atomic E-state index is 13.4. The Bertz CT molecular complexity index is 1020. The molecule has 3 aromatic carbocycles. The van der Waals surface area contributed by atoms with E-state index in [1.165, 1.54) is 12.1 Å². The third kappa shape index (κ3) is 6.31. The molecule has 0 aliphatic heterocycles. The van der Waals surface area contributed by atoms with Crippen molar-refractivity contribution in [2.24, 2.45) is 0 Å². The molecule has 0 fully saturated rings. The maximum absolute atomic E-state index is 13.4. The fraction of sp³-hybridized carbons (Fsp3) is 0.269. The maximum Gasteiger partial charge on any atom is 0.243 e. The van der Waals surface area contributed by atoms with Gasteiger partial charge in [0.25, 0.3) is 0 Å². The number of hydrogen-bond donors (Lipinski definition) is 1. The van der Waals surface area contributed by atoms with Crippen molar-refractivity contribution < 1.29 is 18.7 Å². The fourth-order valence-electron chi connectivity index (χ4n) is 3.39. The van der Waals surface area contributed by atoms with Crippen molar-refractivity contribution in [1.29, 1.82) is 0 Å². The molecule has 1 N–H and O–H groups in total. The van der Waals surface area contributed by atoms with Crippen LogP contribution in [0.3, 0.4) is 0 Å². The molecule has 6 heteroatoms. The van der Waals surface area contributed by atoms with Crippen molar-refractivity contribution in [3.63, 3.8) is 0 Å². The highest BCUT2D eigenvalue weighted by molar-refractivity contribution is 5.82. The smallest absolute Gasteiger partial charge is 0.243 e. The van der Waals surface area contributed by atoms with Gasteiger partial charge >= 0.3 is 0 Å². The number of ether oxygens (including phenoxy) is 2. The number of rotatable bonds is 10.